The van der Waals surface area contributed by atoms with Crippen LogP contribution in [0.25, 0.3) is 0 Å². The number of nitrogens with zero attached hydrogens (tertiary/aromatic N) is 1. The number of benzene rings is 2. The number of oxime groups is 1. The second-order valence-corrected chi connectivity index (χ2v) is 6.20. The Bertz CT molecular complexity index is 716. The van der Waals surface area contributed by atoms with Gasteiger partial charge in [0.25, 0.3) is 0 Å². The number of carbonyl (C=O) groups is 1. The van der Waals surface area contributed by atoms with Crippen LogP contribution in [0.3, 0.4) is 0 Å². The van der Waals surface area contributed by atoms with E-state index in [2.05, 4.69) is 31.1 Å². The Hall–Kier alpha value is -2.62. The highest BCUT2D eigenvalue weighted by Gasteiger charge is 2.08. The number of ether oxygens (including phenoxy) is 1. The third kappa shape index (κ3) is 5.45. The van der Waals surface area contributed by atoms with Crippen LogP contribution < -0.4 is 4.74 Å². The first kappa shape index (κ1) is 18.7. The quantitative estimate of drug-likeness (QED) is 0.397. The molecule has 0 fully saturated rings. The van der Waals surface area contributed by atoms with Gasteiger partial charge in [0.05, 0.1) is 17.9 Å². The molecule has 2 aromatic rings. The minimum atomic E-state index is -0.486. The van der Waals surface area contributed by atoms with E-state index >= 15 is 0 Å². The van der Waals surface area contributed by atoms with E-state index in [0.717, 1.165) is 17.7 Å². The van der Waals surface area contributed by atoms with Crippen molar-refractivity contribution >= 4 is 11.7 Å². The molecule has 25 heavy (non-hydrogen) atoms. The number of rotatable bonds is 7. The molecule has 0 aromatic heterocycles. The van der Waals surface area contributed by atoms with Crippen molar-refractivity contribution in [2.24, 2.45) is 5.16 Å². The first-order valence-corrected chi connectivity index (χ1v) is 8.60. The van der Waals surface area contributed by atoms with Crippen LogP contribution >= 0.6 is 0 Å². The zero-order valence-electron chi connectivity index (χ0n) is 15.3. The number of hydrogen-bond donors (Lipinski definition) is 0. The van der Waals surface area contributed by atoms with Crippen LogP contribution in [-0.4, -0.2) is 18.3 Å². The second-order valence-electron chi connectivity index (χ2n) is 6.20. The van der Waals surface area contributed by atoms with Crippen molar-refractivity contribution in [3.63, 3.8) is 0 Å². The maximum Gasteiger partial charge on any atom is 0.365 e. The Morgan fingerprint density at radius 3 is 2.16 bits per heavy atom. The van der Waals surface area contributed by atoms with Crippen molar-refractivity contribution in [3.8, 4) is 5.75 Å². The Balaban J connectivity index is 1.98. The van der Waals surface area contributed by atoms with Crippen molar-refractivity contribution in [1.29, 1.82) is 0 Å². The molecule has 132 valence electrons. The molecule has 0 aliphatic rings. The lowest BCUT2D eigenvalue weighted by Gasteiger charge is -2.07. The normalized spacial score (nSPS) is 11.5. The fourth-order valence-corrected chi connectivity index (χ4v) is 2.23. The molecule has 0 aliphatic carbocycles. The van der Waals surface area contributed by atoms with Crippen LogP contribution in [-0.2, 0) is 4.84 Å². The Morgan fingerprint density at radius 1 is 1.00 bits per heavy atom. The van der Waals surface area contributed by atoms with Gasteiger partial charge < -0.3 is 9.57 Å². The van der Waals surface area contributed by atoms with E-state index in [9.17, 15) is 4.79 Å². The molecule has 0 bridgehead atoms. The topological polar surface area (TPSA) is 47.9 Å². The summed E-state index contributed by atoms with van der Waals surface area (Å²) in [5.74, 6) is 0.733. The molecule has 2 rings (SSSR count). The molecule has 0 saturated carbocycles. The van der Waals surface area contributed by atoms with Gasteiger partial charge in [0.2, 0.25) is 0 Å². The van der Waals surface area contributed by atoms with E-state index in [1.807, 2.05) is 26.0 Å². The van der Waals surface area contributed by atoms with Crippen LogP contribution in [0.5, 0.6) is 5.75 Å². The fraction of sp³-hybridized carbons (Fsp3) is 0.333. The second kappa shape index (κ2) is 9.02. The number of carbonyl (C=O) groups excluding carboxylic acids is 1. The highest BCUT2D eigenvalue weighted by molar-refractivity contribution is 5.99. The molecule has 4 heteroatoms. The summed E-state index contributed by atoms with van der Waals surface area (Å²) >= 11 is 0. The zero-order valence-corrected chi connectivity index (χ0v) is 15.3. The van der Waals surface area contributed by atoms with Gasteiger partial charge in [0.15, 0.2) is 0 Å². The van der Waals surface area contributed by atoms with Crippen LogP contribution in [0, 0.1) is 0 Å². The third-order valence-electron chi connectivity index (χ3n) is 3.82. The van der Waals surface area contributed by atoms with Crippen molar-refractivity contribution in [1.82, 2.24) is 0 Å². The molecule has 0 aliphatic heterocycles. The van der Waals surface area contributed by atoms with Crippen molar-refractivity contribution in [2.75, 3.05) is 6.61 Å². The first-order chi connectivity index (χ1) is 12.0. The summed E-state index contributed by atoms with van der Waals surface area (Å²) in [5, 5.41) is 3.95. The first-order valence-electron chi connectivity index (χ1n) is 8.60. The largest absolute Gasteiger partial charge is 0.494 e. The molecule has 0 spiro atoms. The summed E-state index contributed by atoms with van der Waals surface area (Å²) in [6.07, 6.45) is 0.940. The predicted molar refractivity (Wildman–Crippen MR) is 100 cm³/mol. The van der Waals surface area contributed by atoms with Crippen LogP contribution in [0.1, 0.15) is 61.5 Å². The molecule has 0 radical (unpaired) electrons. The van der Waals surface area contributed by atoms with Gasteiger partial charge in [0, 0.05) is 0 Å². The lowest BCUT2D eigenvalue weighted by atomic mass is 10.0. The highest BCUT2D eigenvalue weighted by Crippen LogP contribution is 2.16. The lowest BCUT2D eigenvalue weighted by molar-refractivity contribution is 0.0516. The van der Waals surface area contributed by atoms with E-state index in [4.69, 9.17) is 9.57 Å². The SMILES string of the molecule is CCCOc1ccc(C(=O)O/N=C(/C)c2ccc(C(C)C)cc2)cc1. The minimum absolute atomic E-state index is 0.440. The lowest BCUT2D eigenvalue weighted by Crippen LogP contribution is -2.04. The van der Waals surface area contributed by atoms with E-state index in [0.29, 0.717) is 23.8 Å². The van der Waals surface area contributed by atoms with Crippen molar-refractivity contribution < 1.29 is 14.4 Å². The molecular weight excluding hydrogens is 314 g/mol. The maximum atomic E-state index is 12.1. The Labute approximate surface area is 149 Å². The van der Waals surface area contributed by atoms with E-state index in [-0.39, 0.29) is 0 Å². The smallest absolute Gasteiger partial charge is 0.365 e. The van der Waals surface area contributed by atoms with E-state index < -0.39 is 5.97 Å². The van der Waals surface area contributed by atoms with Gasteiger partial charge in [-0.05, 0) is 54.7 Å². The van der Waals surface area contributed by atoms with Gasteiger partial charge >= 0.3 is 5.97 Å². The standard InChI is InChI=1S/C21H25NO3/c1-5-14-24-20-12-10-19(11-13-20)21(23)25-22-16(4)18-8-6-17(7-9-18)15(2)3/h6-13,15H,5,14H2,1-4H3/b22-16-. The molecule has 0 N–H and O–H groups in total. The molecule has 0 unspecified atom stereocenters. The molecule has 2 aromatic carbocycles. The summed E-state index contributed by atoms with van der Waals surface area (Å²) in [4.78, 5) is 17.1. The predicted octanol–water partition coefficient (Wildman–Crippen LogP) is 5.18. The van der Waals surface area contributed by atoms with Gasteiger partial charge in [-0.1, -0.05) is 50.2 Å². The van der Waals surface area contributed by atoms with Crippen molar-refractivity contribution in [2.45, 2.75) is 40.0 Å². The fourth-order valence-electron chi connectivity index (χ4n) is 2.23. The van der Waals surface area contributed by atoms with Crippen LogP contribution in [0.15, 0.2) is 53.7 Å². The molecule has 0 saturated heterocycles. The number of hydrogen-bond acceptors (Lipinski definition) is 4. The highest BCUT2D eigenvalue weighted by atomic mass is 16.7. The van der Waals surface area contributed by atoms with Crippen LogP contribution in [0.4, 0.5) is 0 Å². The van der Waals surface area contributed by atoms with Crippen LogP contribution in [0.2, 0.25) is 0 Å². The molecule has 0 amide bonds. The summed E-state index contributed by atoms with van der Waals surface area (Å²) < 4.78 is 5.49. The zero-order chi connectivity index (χ0) is 18.2. The van der Waals surface area contributed by atoms with Gasteiger partial charge in [0.1, 0.15) is 5.75 Å². The Morgan fingerprint density at radius 2 is 1.60 bits per heavy atom. The van der Waals surface area contributed by atoms with Gasteiger partial charge in [-0.25, -0.2) is 4.79 Å². The van der Waals surface area contributed by atoms with Gasteiger partial charge in [-0.2, -0.15) is 0 Å². The summed E-state index contributed by atoms with van der Waals surface area (Å²) in [5.41, 5.74) is 3.29. The summed E-state index contributed by atoms with van der Waals surface area (Å²) in [7, 11) is 0. The third-order valence-corrected chi connectivity index (χ3v) is 3.82. The van der Waals surface area contributed by atoms with Gasteiger partial charge in [-0.3, -0.25) is 0 Å². The Kier molecular flexibility index (Phi) is 6.75. The molecule has 0 heterocycles. The molecular formula is C21H25NO3. The molecule has 0 atom stereocenters. The summed E-state index contributed by atoms with van der Waals surface area (Å²) in [6, 6.07) is 15.0. The maximum absolute atomic E-state index is 12.1. The average Bonchev–Trinajstić information content (AvgIpc) is 2.64. The molecule has 4 nitrogen and oxygen atoms in total. The minimum Gasteiger partial charge on any atom is -0.494 e. The summed E-state index contributed by atoms with van der Waals surface area (Å²) in [6.45, 7) is 8.82. The van der Waals surface area contributed by atoms with E-state index in [1.165, 1.54) is 5.56 Å². The van der Waals surface area contributed by atoms with Crippen molar-refractivity contribution in [3.05, 3.63) is 65.2 Å². The van der Waals surface area contributed by atoms with E-state index in [1.54, 1.807) is 24.3 Å². The monoisotopic (exact) mass is 339 g/mol. The average molecular weight is 339 g/mol. The van der Waals surface area contributed by atoms with Gasteiger partial charge in [-0.15, -0.1) is 0 Å².